The number of nitrogens with one attached hydrogen (secondary N) is 1. The molecule has 2 fully saturated rings. The van der Waals surface area contributed by atoms with E-state index in [9.17, 15) is 14.4 Å². The standard InChI is InChI=1S/C16H16Cl2N2O4S/c1-16-6-5-13(22)20(16)11(8-25-16)15(23)24-7-12(21)19-14-9(17)3-2-4-10(14)18/h2-4,11H,5-8H2,1H3,(H,19,21)/t11-,16+/m0/s1. The number of halogens is 2. The molecule has 1 N–H and O–H groups in total. The van der Waals surface area contributed by atoms with Crippen molar-refractivity contribution in [2.45, 2.75) is 30.7 Å². The van der Waals surface area contributed by atoms with Gasteiger partial charge in [0.05, 0.1) is 20.6 Å². The summed E-state index contributed by atoms with van der Waals surface area (Å²) in [4.78, 5) is 37.6. The fourth-order valence-electron chi connectivity index (χ4n) is 3.02. The van der Waals surface area contributed by atoms with Crippen LogP contribution in [0.25, 0.3) is 0 Å². The number of ether oxygens (including phenoxy) is 1. The Balaban J connectivity index is 1.58. The van der Waals surface area contributed by atoms with Gasteiger partial charge in [0.1, 0.15) is 6.04 Å². The fraction of sp³-hybridized carbons (Fsp3) is 0.438. The molecule has 0 aliphatic carbocycles. The molecule has 0 unspecified atom stereocenters. The third-order valence-electron chi connectivity index (χ3n) is 4.29. The molecular weight excluding hydrogens is 387 g/mol. The Morgan fingerprint density at radius 3 is 2.76 bits per heavy atom. The van der Waals surface area contributed by atoms with Crippen LogP contribution in [0.15, 0.2) is 18.2 Å². The van der Waals surface area contributed by atoms with Gasteiger partial charge in [0.2, 0.25) is 5.91 Å². The largest absolute Gasteiger partial charge is 0.454 e. The van der Waals surface area contributed by atoms with Gasteiger partial charge >= 0.3 is 5.97 Å². The minimum absolute atomic E-state index is 0.0539. The zero-order chi connectivity index (χ0) is 18.2. The van der Waals surface area contributed by atoms with Gasteiger partial charge in [-0.05, 0) is 25.5 Å². The molecule has 1 aromatic rings. The normalized spacial score (nSPS) is 25.0. The van der Waals surface area contributed by atoms with E-state index >= 15 is 0 Å². The van der Waals surface area contributed by atoms with Crippen LogP contribution in [0.1, 0.15) is 19.8 Å². The zero-order valence-electron chi connectivity index (χ0n) is 13.4. The minimum Gasteiger partial charge on any atom is -0.454 e. The van der Waals surface area contributed by atoms with Gasteiger partial charge in [0.25, 0.3) is 5.91 Å². The number of fused-ring (bicyclic) bond motifs is 1. The number of nitrogens with zero attached hydrogens (tertiary/aromatic N) is 1. The maximum absolute atomic E-state index is 12.3. The van der Waals surface area contributed by atoms with Crippen LogP contribution in [0.2, 0.25) is 10.0 Å². The van der Waals surface area contributed by atoms with Gasteiger partial charge in [0, 0.05) is 12.2 Å². The highest BCUT2D eigenvalue weighted by Gasteiger charge is 2.53. The van der Waals surface area contributed by atoms with Crippen molar-refractivity contribution in [1.29, 1.82) is 0 Å². The van der Waals surface area contributed by atoms with Crippen molar-refractivity contribution in [2.75, 3.05) is 17.7 Å². The lowest BCUT2D eigenvalue weighted by Crippen LogP contribution is -2.47. The van der Waals surface area contributed by atoms with Crippen LogP contribution in [0.5, 0.6) is 0 Å². The van der Waals surface area contributed by atoms with Gasteiger partial charge in [-0.2, -0.15) is 0 Å². The third kappa shape index (κ3) is 3.59. The molecule has 3 rings (SSSR count). The van der Waals surface area contributed by atoms with Gasteiger partial charge in [0.15, 0.2) is 6.61 Å². The molecule has 0 aromatic heterocycles. The van der Waals surface area contributed by atoms with E-state index in [0.717, 1.165) is 0 Å². The highest BCUT2D eigenvalue weighted by molar-refractivity contribution is 8.01. The summed E-state index contributed by atoms with van der Waals surface area (Å²) in [5, 5.41) is 3.10. The lowest BCUT2D eigenvalue weighted by molar-refractivity contribution is -0.155. The van der Waals surface area contributed by atoms with E-state index in [2.05, 4.69) is 5.32 Å². The molecule has 2 saturated heterocycles. The van der Waals surface area contributed by atoms with Crippen LogP contribution in [0, 0.1) is 0 Å². The van der Waals surface area contributed by atoms with Crippen molar-refractivity contribution in [3.05, 3.63) is 28.2 Å². The molecule has 25 heavy (non-hydrogen) atoms. The molecule has 2 heterocycles. The van der Waals surface area contributed by atoms with Crippen molar-refractivity contribution in [2.24, 2.45) is 0 Å². The van der Waals surface area contributed by atoms with Crippen molar-refractivity contribution in [3.8, 4) is 0 Å². The van der Waals surface area contributed by atoms with Crippen molar-refractivity contribution < 1.29 is 19.1 Å². The number of benzene rings is 1. The van der Waals surface area contributed by atoms with Crippen LogP contribution >= 0.6 is 35.0 Å². The quantitative estimate of drug-likeness (QED) is 0.783. The van der Waals surface area contributed by atoms with Crippen LogP contribution in [0.3, 0.4) is 0 Å². The number of hydrogen-bond donors (Lipinski definition) is 1. The predicted molar refractivity (Wildman–Crippen MR) is 96.8 cm³/mol. The van der Waals surface area contributed by atoms with Crippen LogP contribution in [-0.4, -0.2) is 46.0 Å². The summed E-state index contributed by atoms with van der Waals surface area (Å²) in [5.74, 6) is -0.711. The smallest absolute Gasteiger partial charge is 0.330 e. The summed E-state index contributed by atoms with van der Waals surface area (Å²) >= 11 is 13.5. The SMILES string of the molecule is C[C@@]12CCC(=O)N1[C@H](C(=O)OCC(=O)Nc1c(Cl)cccc1Cl)CS2. The second-order valence-electron chi connectivity index (χ2n) is 6.02. The van der Waals surface area contributed by atoms with Crippen molar-refractivity contribution >= 4 is 58.4 Å². The minimum atomic E-state index is -0.651. The molecule has 134 valence electrons. The van der Waals surface area contributed by atoms with Crippen LogP contribution in [0.4, 0.5) is 5.69 Å². The van der Waals surface area contributed by atoms with Gasteiger partial charge in [-0.25, -0.2) is 4.79 Å². The summed E-state index contributed by atoms with van der Waals surface area (Å²) in [6.07, 6.45) is 1.14. The number of carbonyl (C=O) groups excluding carboxylic acids is 3. The fourth-order valence-corrected chi connectivity index (χ4v) is 4.93. The highest BCUT2D eigenvalue weighted by Crippen LogP contribution is 2.47. The van der Waals surface area contributed by atoms with E-state index in [1.807, 2.05) is 6.92 Å². The van der Waals surface area contributed by atoms with E-state index in [0.29, 0.717) is 18.6 Å². The molecule has 1 aromatic carbocycles. The molecule has 2 aliphatic heterocycles. The average Bonchev–Trinajstić information content (AvgIpc) is 3.05. The second kappa shape index (κ2) is 7.05. The molecule has 0 spiro atoms. The first-order valence-corrected chi connectivity index (χ1v) is 9.42. The molecule has 2 aliphatic rings. The van der Waals surface area contributed by atoms with Crippen LogP contribution < -0.4 is 5.32 Å². The first kappa shape index (κ1) is 18.4. The molecule has 2 atom stereocenters. The Morgan fingerprint density at radius 1 is 1.40 bits per heavy atom. The van der Waals surface area contributed by atoms with Gasteiger partial charge in [-0.1, -0.05) is 29.3 Å². The van der Waals surface area contributed by atoms with Gasteiger partial charge in [-0.3, -0.25) is 9.59 Å². The van der Waals surface area contributed by atoms with E-state index in [4.69, 9.17) is 27.9 Å². The summed E-state index contributed by atoms with van der Waals surface area (Å²) in [6, 6.07) is 4.18. The maximum Gasteiger partial charge on any atom is 0.330 e. The molecule has 9 heteroatoms. The van der Waals surface area contributed by atoms with Gasteiger partial charge < -0.3 is 15.0 Å². The Hall–Kier alpha value is -1.44. The topological polar surface area (TPSA) is 75.7 Å². The number of rotatable bonds is 4. The third-order valence-corrected chi connectivity index (χ3v) is 6.42. The molecule has 0 saturated carbocycles. The summed E-state index contributed by atoms with van der Waals surface area (Å²) in [6.45, 7) is 1.47. The number of amides is 2. The van der Waals surface area contributed by atoms with E-state index < -0.39 is 24.5 Å². The number of hydrogen-bond acceptors (Lipinski definition) is 5. The van der Waals surface area contributed by atoms with Gasteiger partial charge in [-0.15, -0.1) is 11.8 Å². The van der Waals surface area contributed by atoms with E-state index in [-0.39, 0.29) is 26.5 Å². The summed E-state index contributed by atoms with van der Waals surface area (Å²) < 4.78 is 5.10. The summed E-state index contributed by atoms with van der Waals surface area (Å²) in [7, 11) is 0. The Bertz CT molecular complexity index is 725. The van der Waals surface area contributed by atoms with E-state index in [1.165, 1.54) is 0 Å². The first-order valence-electron chi connectivity index (χ1n) is 7.68. The Labute approximate surface area is 159 Å². The lowest BCUT2D eigenvalue weighted by Gasteiger charge is -2.29. The lowest BCUT2D eigenvalue weighted by atomic mass is 10.2. The molecular formula is C16H16Cl2N2O4S. The van der Waals surface area contributed by atoms with Crippen LogP contribution in [-0.2, 0) is 19.1 Å². The number of esters is 1. The average molecular weight is 403 g/mol. The molecule has 0 bridgehead atoms. The van der Waals surface area contributed by atoms with Crippen molar-refractivity contribution in [3.63, 3.8) is 0 Å². The second-order valence-corrected chi connectivity index (χ2v) is 8.33. The molecule has 0 radical (unpaired) electrons. The Morgan fingerprint density at radius 2 is 2.08 bits per heavy atom. The maximum atomic E-state index is 12.3. The van der Waals surface area contributed by atoms with E-state index in [1.54, 1.807) is 34.9 Å². The monoisotopic (exact) mass is 402 g/mol. The predicted octanol–water partition coefficient (Wildman–Crippen LogP) is 2.93. The zero-order valence-corrected chi connectivity index (χ0v) is 15.7. The number of carbonyl (C=O) groups is 3. The number of para-hydroxylation sites is 1. The highest BCUT2D eigenvalue weighted by atomic mass is 35.5. The molecule has 6 nitrogen and oxygen atoms in total. The first-order chi connectivity index (χ1) is 11.8. The number of thioether (sulfide) groups is 1. The molecule has 2 amide bonds. The number of anilines is 1. The summed E-state index contributed by atoms with van der Waals surface area (Å²) in [5.41, 5.74) is 0.269. The van der Waals surface area contributed by atoms with Crippen molar-refractivity contribution in [1.82, 2.24) is 4.90 Å². The Kier molecular flexibility index (Phi) is 5.18.